The molecule has 0 radical (unpaired) electrons. The number of nitrogens with zero attached hydrogens (tertiary/aromatic N) is 1. The van der Waals surface area contributed by atoms with Crippen molar-refractivity contribution in [3.05, 3.63) is 24.3 Å². The highest BCUT2D eigenvalue weighted by atomic mass is 35.5. The molecule has 0 spiro atoms. The summed E-state index contributed by atoms with van der Waals surface area (Å²) in [5, 5.41) is 0.113. The molecule has 0 N–H and O–H groups in total. The van der Waals surface area contributed by atoms with Crippen LogP contribution < -0.4 is 0 Å². The van der Waals surface area contributed by atoms with Crippen LogP contribution in [-0.2, 0) is 9.53 Å². The van der Waals surface area contributed by atoms with Gasteiger partial charge in [-0.25, -0.2) is 4.79 Å². The van der Waals surface area contributed by atoms with E-state index < -0.39 is 5.97 Å². The van der Waals surface area contributed by atoms with Gasteiger partial charge < -0.3 is 4.74 Å². The molecule has 0 aliphatic carbocycles. The SMILES string of the molecule is C=C/C=C(/C(=O)OC)C(Cl)=NC. The van der Waals surface area contributed by atoms with Gasteiger partial charge in [-0.05, 0) is 6.08 Å². The third kappa shape index (κ3) is 2.88. The first-order valence-electron chi connectivity index (χ1n) is 3.21. The lowest BCUT2D eigenvalue weighted by molar-refractivity contribution is -0.135. The quantitative estimate of drug-likeness (QED) is 0.291. The molecule has 0 unspecified atom stereocenters. The number of ether oxygens (including phenoxy) is 1. The summed E-state index contributed by atoms with van der Waals surface area (Å²) in [6.07, 6.45) is 2.89. The Morgan fingerprint density at radius 1 is 1.67 bits per heavy atom. The molecule has 0 saturated heterocycles. The number of carbonyl (C=O) groups is 1. The molecule has 0 aromatic heterocycles. The Morgan fingerprint density at radius 3 is 2.58 bits per heavy atom. The van der Waals surface area contributed by atoms with Crippen LogP contribution in [0.15, 0.2) is 29.3 Å². The number of esters is 1. The summed E-state index contributed by atoms with van der Waals surface area (Å²) in [5.41, 5.74) is 0.205. The fourth-order valence-corrected chi connectivity index (χ4v) is 0.709. The normalized spacial score (nSPS) is 12.6. The average molecular weight is 188 g/mol. The summed E-state index contributed by atoms with van der Waals surface area (Å²) in [6, 6.07) is 0. The van der Waals surface area contributed by atoms with E-state index in [9.17, 15) is 4.79 Å². The van der Waals surface area contributed by atoms with E-state index in [1.54, 1.807) is 0 Å². The maximum absolute atomic E-state index is 11.0. The number of methoxy groups -OCH3 is 1. The molecule has 0 amide bonds. The molecule has 12 heavy (non-hydrogen) atoms. The first-order chi connectivity index (χ1) is 5.67. The molecule has 4 heteroatoms. The molecule has 3 nitrogen and oxygen atoms in total. The van der Waals surface area contributed by atoms with Crippen LogP contribution in [0.4, 0.5) is 0 Å². The third-order valence-corrected chi connectivity index (χ3v) is 1.48. The summed E-state index contributed by atoms with van der Waals surface area (Å²) < 4.78 is 4.47. The van der Waals surface area contributed by atoms with Crippen molar-refractivity contribution in [2.24, 2.45) is 4.99 Å². The van der Waals surface area contributed by atoms with Gasteiger partial charge in [0.15, 0.2) is 0 Å². The zero-order valence-electron chi connectivity index (χ0n) is 7.00. The maximum Gasteiger partial charge on any atom is 0.340 e. The van der Waals surface area contributed by atoms with Gasteiger partial charge in [0.1, 0.15) is 5.17 Å². The minimum atomic E-state index is -0.523. The van der Waals surface area contributed by atoms with E-state index in [1.807, 2.05) is 0 Å². The Balaban J connectivity index is 4.80. The number of rotatable bonds is 3. The van der Waals surface area contributed by atoms with Crippen molar-refractivity contribution < 1.29 is 9.53 Å². The molecule has 0 aromatic carbocycles. The van der Waals surface area contributed by atoms with Crippen LogP contribution in [0.2, 0.25) is 0 Å². The van der Waals surface area contributed by atoms with Crippen molar-refractivity contribution in [3.8, 4) is 0 Å². The van der Waals surface area contributed by atoms with Gasteiger partial charge in [0.05, 0.1) is 12.7 Å². The minimum absolute atomic E-state index is 0.113. The second-order valence-electron chi connectivity index (χ2n) is 1.82. The van der Waals surface area contributed by atoms with E-state index in [2.05, 4.69) is 16.3 Å². The van der Waals surface area contributed by atoms with Crippen molar-refractivity contribution in [1.82, 2.24) is 0 Å². The predicted molar refractivity (Wildman–Crippen MR) is 49.5 cm³/mol. The van der Waals surface area contributed by atoms with Gasteiger partial charge in [0, 0.05) is 7.05 Å². The smallest absolute Gasteiger partial charge is 0.340 e. The first-order valence-corrected chi connectivity index (χ1v) is 3.58. The van der Waals surface area contributed by atoms with E-state index in [4.69, 9.17) is 11.6 Å². The molecule has 0 saturated carbocycles. The van der Waals surface area contributed by atoms with Crippen LogP contribution in [0.1, 0.15) is 0 Å². The Morgan fingerprint density at radius 2 is 2.25 bits per heavy atom. The van der Waals surface area contributed by atoms with E-state index in [0.717, 1.165) is 0 Å². The standard InChI is InChI=1S/C8H10ClNO2/c1-4-5-6(7(9)10-2)8(11)12-3/h4-5H,1H2,2-3H3/b6-5+,10-7?. The minimum Gasteiger partial charge on any atom is -0.465 e. The van der Waals surface area contributed by atoms with Crippen LogP contribution in [-0.4, -0.2) is 25.3 Å². The number of hydrogen-bond donors (Lipinski definition) is 0. The highest BCUT2D eigenvalue weighted by Gasteiger charge is 2.12. The van der Waals surface area contributed by atoms with Crippen LogP contribution in [0.5, 0.6) is 0 Å². The van der Waals surface area contributed by atoms with E-state index >= 15 is 0 Å². The highest BCUT2D eigenvalue weighted by Crippen LogP contribution is 2.05. The van der Waals surface area contributed by atoms with Crippen molar-refractivity contribution in [2.75, 3.05) is 14.2 Å². The number of allylic oxidation sites excluding steroid dienone is 2. The summed E-state index contributed by atoms with van der Waals surface area (Å²) in [4.78, 5) is 14.6. The maximum atomic E-state index is 11.0. The monoisotopic (exact) mass is 187 g/mol. The molecule has 0 bridgehead atoms. The highest BCUT2D eigenvalue weighted by molar-refractivity contribution is 6.72. The lowest BCUT2D eigenvalue weighted by atomic mass is 10.2. The van der Waals surface area contributed by atoms with Gasteiger partial charge in [-0.2, -0.15) is 0 Å². The molecule has 0 aromatic rings. The summed E-state index contributed by atoms with van der Waals surface area (Å²) >= 11 is 5.62. The average Bonchev–Trinajstić information content (AvgIpc) is 2.11. The summed E-state index contributed by atoms with van der Waals surface area (Å²) in [7, 11) is 2.77. The van der Waals surface area contributed by atoms with Gasteiger partial charge in [-0.15, -0.1) is 0 Å². The molecule has 0 aliphatic rings. The van der Waals surface area contributed by atoms with Gasteiger partial charge in [-0.3, -0.25) is 4.99 Å². The fourth-order valence-electron chi connectivity index (χ4n) is 0.569. The number of halogens is 1. The molecule has 0 heterocycles. The number of aliphatic imine (C=N–C) groups is 1. The molecular formula is C8H10ClNO2. The van der Waals surface area contributed by atoms with Gasteiger partial charge in [-0.1, -0.05) is 24.3 Å². The lowest BCUT2D eigenvalue weighted by Crippen LogP contribution is -2.10. The lowest BCUT2D eigenvalue weighted by Gasteiger charge is -2.00. The van der Waals surface area contributed by atoms with Gasteiger partial charge >= 0.3 is 5.97 Å². The Kier molecular flexibility index (Phi) is 5.04. The van der Waals surface area contributed by atoms with E-state index in [-0.39, 0.29) is 10.7 Å². The molecule has 66 valence electrons. The van der Waals surface area contributed by atoms with Crippen LogP contribution in [0.25, 0.3) is 0 Å². The molecular weight excluding hydrogens is 178 g/mol. The van der Waals surface area contributed by atoms with Crippen LogP contribution >= 0.6 is 11.6 Å². The fraction of sp³-hybridized carbons (Fsp3) is 0.250. The van der Waals surface area contributed by atoms with Crippen molar-refractivity contribution in [3.63, 3.8) is 0 Å². The van der Waals surface area contributed by atoms with Crippen molar-refractivity contribution >= 4 is 22.7 Å². The Labute approximate surface area is 76.4 Å². The zero-order chi connectivity index (χ0) is 9.56. The predicted octanol–water partition coefficient (Wildman–Crippen LogP) is 1.54. The zero-order valence-corrected chi connectivity index (χ0v) is 7.76. The molecule has 0 aliphatic heterocycles. The van der Waals surface area contributed by atoms with E-state index in [0.29, 0.717) is 0 Å². The van der Waals surface area contributed by atoms with E-state index in [1.165, 1.54) is 26.3 Å². The van der Waals surface area contributed by atoms with Gasteiger partial charge in [0.25, 0.3) is 0 Å². The number of hydrogen-bond acceptors (Lipinski definition) is 3. The van der Waals surface area contributed by atoms with Crippen LogP contribution in [0.3, 0.4) is 0 Å². The summed E-state index contributed by atoms with van der Waals surface area (Å²) in [6.45, 7) is 3.44. The third-order valence-electron chi connectivity index (χ3n) is 1.11. The van der Waals surface area contributed by atoms with Crippen molar-refractivity contribution in [2.45, 2.75) is 0 Å². The largest absolute Gasteiger partial charge is 0.465 e. The molecule has 0 atom stereocenters. The van der Waals surface area contributed by atoms with Crippen molar-refractivity contribution in [1.29, 1.82) is 0 Å². The second-order valence-corrected chi connectivity index (χ2v) is 2.18. The summed E-state index contributed by atoms with van der Waals surface area (Å²) in [5.74, 6) is -0.523. The Hall–Kier alpha value is -1.09. The number of carbonyl (C=O) groups excluding carboxylic acids is 1. The molecule has 0 rings (SSSR count). The topological polar surface area (TPSA) is 38.7 Å². The van der Waals surface area contributed by atoms with Gasteiger partial charge in [0.2, 0.25) is 0 Å². The first kappa shape index (κ1) is 10.9. The molecule has 0 fully saturated rings. The Bertz CT molecular complexity index is 243. The second kappa shape index (κ2) is 5.55. The van der Waals surface area contributed by atoms with Crippen LogP contribution in [0, 0.1) is 0 Å².